The number of carbonyl (C=O) groups excluding carboxylic acids is 1. The minimum atomic E-state index is -0.651. The van der Waals surface area contributed by atoms with Crippen molar-refractivity contribution in [2.45, 2.75) is 57.0 Å². The molecule has 3 aliphatic rings. The highest BCUT2D eigenvalue weighted by atomic mass is 19.1. The van der Waals surface area contributed by atoms with Crippen LogP contribution in [0.5, 0.6) is 5.75 Å². The van der Waals surface area contributed by atoms with Crippen LogP contribution in [0.2, 0.25) is 0 Å². The van der Waals surface area contributed by atoms with Crippen molar-refractivity contribution in [1.29, 1.82) is 0 Å². The van der Waals surface area contributed by atoms with E-state index in [1.807, 2.05) is 17.0 Å². The summed E-state index contributed by atoms with van der Waals surface area (Å²) in [5.41, 5.74) is 0.346. The Balaban J connectivity index is 1.32. The lowest BCUT2D eigenvalue weighted by Crippen LogP contribution is -2.62. The second-order valence-electron chi connectivity index (χ2n) is 8.93. The normalized spacial score (nSPS) is 30.6. The molecule has 0 radical (unpaired) electrons. The molecule has 2 aliphatic carbocycles. The number of nitrogens with zero attached hydrogens (tertiary/aromatic N) is 1. The predicted molar refractivity (Wildman–Crippen MR) is 96.5 cm³/mol. The van der Waals surface area contributed by atoms with Gasteiger partial charge in [0.05, 0.1) is 12.7 Å². The molecule has 1 aromatic carbocycles. The summed E-state index contributed by atoms with van der Waals surface area (Å²) in [5, 5.41) is 9.83. The van der Waals surface area contributed by atoms with E-state index in [9.17, 15) is 14.3 Å². The van der Waals surface area contributed by atoms with Gasteiger partial charge < -0.3 is 14.7 Å². The number of benzene rings is 1. The van der Waals surface area contributed by atoms with E-state index in [0.717, 1.165) is 44.3 Å². The summed E-state index contributed by atoms with van der Waals surface area (Å²) < 4.78 is 19.6. The maximum atomic E-state index is 14.5. The van der Waals surface area contributed by atoms with Gasteiger partial charge in [-0.15, -0.1) is 0 Å². The summed E-state index contributed by atoms with van der Waals surface area (Å²) in [5.74, 6) is 0.549. The number of likely N-dealkylation sites (tertiary alicyclic amines) is 1. The van der Waals surface area contributed by atoms with Crippen LogP contribution in [0.25, 0.3) is 0 Å². The first-order valence-corrected chi connectivity index (χ1v) is 9.66. The highest BCUT2D eigenvalue weighted by molar-refractivity contribution is 5.81. The van der Waals surface area contributed by atoms with Crippen LogP contribution in [0.15, 0.2) is 18.2 Å². The van der Waals surface area contributed by atoms with Gasteiger partial charge in [0.2, 0.25) is 5.91 Å². The Labute approximate surface area is 154 Å². The van der Waals surface area contributed by atoms with Crippen molar-refractivity contribution < 1.29 is 19.0 Å². The molecule has 5 heteroatoms. The van der Waals surface area contributed by atoms with Crippen LogP contribution in [0, 0.1) is 17.2 Å². The van der Waals surface area contributed by atoms with E-state index in [-0.39, 0.29) is 29.0 Å². The molecule has 1 saturated heterocycles. The first-order chi connectivity index (χ1) is 12.3. The molecular weight excluding hydrogens is 333 g/mol. The molecular formula is C21H28FNO3. The van der Waals surface area contributed by atoms with E-state index < -0.39 is 5.60 Å². The molecule has 142 valence electrons. The highest BCUT2D eigenvalue weighted by Crippen LogP contribution is 2.50. The maximum absolute atomic E-state index is 14.5. The second kappa shape index (κ2) is 6.22. The van der Waals surface area contributed by atoms with Gasteiger partial charge in [-0.3, -0.25) is 4.79 Å². The third-order valence-electron chi connectivity index (χ3n) is 6.78. The summed E-state index contributed by atoms with van der Waals surface area (Å²) in [7, 11) is 1.50. The van der Waals surface area contributed by atoms with Gasteiger partial charge in [0.25, 0.3) is 0 Å². The number of methoxy groups -OCH3 is 1. The van der Waals surface area contributed by atoms with Gasteiger partial charge in [-0.2, -0.15) is 0 Å². The predicted octanol–water partition coefficient (Wildman–Crippen LogP) is 3.48. The van der Waals surface area contributed by atoms with E-state index >= 15 is 0 Å². The van der Waals surface area contributed by atoms with Crippen molar-refractivity contribution in [2.24, 2.45) is 11.3 Å². The van der Waals surface area contributed by atoms with Gasteiger partial charge >= 0.3 is 0 Å². The van der Waals surface area contributed by atoms with Crippen LogP contribution >= 0.6 is 0 Å². The summed E-state index contributed by atoms with van der Waals surface area (Å²) in [6.45, 7) is 3.46. The Morgan fingerprint density at radius 1 is 1.27 bits per heavy atom. The van der Waals surface area contributed by atoms with Crippen LogP contribution in [0.3, 0.4) is 0 Å². The minimum absolute atomic E-state index is 0.00423. The van der Waals surface area contributed by atoms with Crippen LogP contribution < -0.4 is 4.74 Å². The Morgan fingerprint density at radius 2 is 1.92 bits per heavy atom. The Morgan fingerprint density at radius 3 is 2.50 bits per heavy atom. The Kier molecular flexibility index (Phi) is 4.25. The standard InChI is InChI=1S/C21H28FNO3/c1-20(25)10-15(11-20)19(24)23-12-21(13-23)8-6-14(7-9-21)16-4-3-5-17(26-2)18(16)22/h3-5,14-15,25H,6-13H2,1-2H3. The lowest BCUT2D eigenvalue weighted by atomic mass is 9.63. The number of rotatable bonds is 3. The molecule has 26 heavy (non-hydrogen) atoms. The molecule has 0 bridgehead atoms. The van der Waals surface area contributed by atoms with E-state index in [2.05, 4.69) is 0 Å². The summed E-state index contributed by atoms with van der Waals surface area (Å²) in [6.07, 6.45) is 5.19. The molecule has 0 unspecified atom stereocenters. The van der Waals surface area contributed by atoms with Gasteiger partial charge in [0, 0.05) is 24.4 Å². The van der Waals surface area contributed by atoms with E-state index in [1.54, 1.807) is 13.0 Å². The van der Waals surface area contributed by atoms with Crippen LogP contribution in [-0.4, -0.2) is 41.7 Å². The number of hydrogen-bond donors (Lipinski definition) is 1. The van der Waals surface area contributed by atoms with Gasteiger partial charge in [0.1, 0.15) is 0 Å². The molecule has 0 aromatic heterocycles. The number of ether oxygens (including phenoxy) is 1. The number of halogens is 1. The summed E-state index contributed by atoms with van der Waals surface area (Å²) in [4.78, 5) is 14.4. The van der Waals surface area contributed by atoms with E-state index in [4.69, 9.17) is 4.74 Å². The molecule has 1 heterocycles. The van der Waals surface area contributed by atoms with Crippen molar-refractivity contribution in [3.8, 4) is 5.75 Å². The van der Waals surface area contributed by atoms with Crippen LogP contribution in [0.4, 0.5) is 4.39 Å². The second-order valence-corrected chi connectivity index (χ2v) is 8.93. The van der Waals surface area contributed by atoms with Crippen molar-refractivity contribution in [1.82, 2.24) is 4.90 Å². The van der Waals surface area contributed by atoms with Crippen molar-refractivity contribution in [2.75, 3.05) is 20.2 Å². The molecule has 2 saturated carbocycles. The summed E-state index contributed by atoms with van der Waals surface area (Å²) >= 11 is 0. The van der Waals surface area contributed by atoms with E-state index in [0.29, 0.717) is 18.6 Å². The monoisotopic (exact) mass is 361 g/mol. The van der Waals surface area contributed by atoms with Gasteiger partial charge in [-0.25, -0.2) is 4.39 Å². The fraction of sp³-hybridized carbons (Fsp3) is 0.667. The molecule has 1 amide bonds. The zero-order valence-electron chi connectivity index (χ0n) is 15.6. The maximum Gasteiger partial charge on any atom is 0.225 e. The fourth-order valence-corrected chi connectivity index (χ4v) is 5.21. The van der Waals surface area contributed by atoms with Crippen LogP contribution in [-0.2, 0) is 4.79 Å². The van der Waals surface area contributed by atoms with Crippen molar-refractivity contribution >= 4 is 5.91 Å². The average molecular weight is 361 g/mol. The van der Waals surface area contributed by atoms with E-state index in [1.165, 1.54) is 7.11 Å². The van der Waals surface area contributed by atoms with Gasteiger partial charge in [-0.05, 0) is 63.0 Å². The third kappa shape index (κ3) is 3.00. The lowest BCUT2D eigenvalue weighted by molar-refractivity contribution is -0.163. The summed E-state index contributed by atoms with van der Waals surface area (Å²) in [6, 6.07) is 5.40. The van der Waals surface area contributed by atoms with Gasteiger partial charge in [0.15, 0.2) is 11.6 Å². The molecule has 0 atom stereocenters. The molecule has 3 fully saturated rings. The Bertz CT molecular complexity index is 693. The molecule has 4 rings (SSSR count). The Hall–Kier alpha value is -1.62. The number of aliphatic hydroxyl groups is 1. The average Bonchev–Trinajstić information content (AvgIpc) is 2.57. The molecule has 1 spiro atoms. The third-order valence-corrected chi connectivity index (χ3v) is 6.78. The first kappa shape index (κ1) is 17.8. The molecule has 1 aliphatic heterocycles. The molecule has 1 aromatic rings. The topological polar surface area (TPSA) is 49.8 Å². The van der Waals surface area contributed by atoms with Crippen molar-refractivity contribution in [3.63, 3.8) is 0 Å². The number of hydrogen-bond acceptors (Lipinski definition) is 3. The quantitative estimate of drug-likeness (QED) is 0.897. The smallest absolute Gasteiger partial charge is 0.225 e. The first-order valence-electron chi connectivity index (χ1n) is 9.66. The zero-order valence-corrected chi connectivity index (χ0v) is 15.6. The molecule has 1 N–H and O–H groups in total. The van der Waals surface area contributed by atoms with Crippen molar-refractivity contribution in [3.05, 3.63) is 29.6 Å². The fourth-order valence-electron chi connectivity index (χ4n) is 5.21. The lowest BCUT2D eigenvalue weighted by Gasteiger charge is -2.55. The zero-order chi connectivity index (χ0) is 18.5. The van der Waals surface area contributed by atoms with Gasteiger partial charge in [-0.1, -0.05) is 12.1 Å². The van der Waals surface area contributed by atoms with Crippen LogP contribution in [0.1, 0.15) is 56.9 Å². The minimum Gasteiger partial charge on any atom is -0.494 e. The SMILES string of the molecule is COc1cccc(C2CCC3(CC2)CN(C(=O)C2CC(C)(O)C2)C3)c1F. The number of amides is 1. The highest BCUT2D eigenvalue weighted by Gasteiger charge is 2.51. The number of carbonyl (C=O) groups is 1. The largest absolute Gasteiger partial charge is 0.494 e. The molecule has 4 nitrogen and oxygen atoms in total.